The van der Waals surface area contributed by atoms with Crippen molar-refractivity contribution in [1.82, 2.24) is 20.0 Å². The van der Waals surface area contributed by atoms with Gasteiger partial charge >= 0.3 is 12.1 Å². The fourth-order valence-electron chi connectivity index (χ4n) is 2.19. The van der Waals surface area contributed by atoms with Crippen LogP contribution in [0.25, 0.3) is 0 Å². The number of aromatic nitrogens is 4. The van der Waals surface area contributed by atoms with Crippen LogP contribution >= 0.6 is 12.9 Å². The smallest absolute Gasteiger partial charge is 0.424 e. The predicted molar refractivity (Wildman–Crippen MR) is 99.7 cm³/mol. The Morgan fingerprint density at radius 1 is 1.37 bits per heavy atom. The van der Waals surface area contributed by atoms with E-state index in [1.807, 2.05) is 20.8 Å². The van der Waals surface area contributed by atoms with Gasteiger partial charge in [0.2, 0.25) is 0 Å². The zero-order chi connectivity index (χ0) is 20.2. The lowest BCUT2D eigenvalue weighted by atomic mass is 9.91. The molecule has 2 heterocycles. The molecule has 2 aromatic rings. The number of carbonyl (C=O) groups excluding carboxylic acids is 2. The number of hydrogen-bond donors (Lipinski definition) is 3. The van der Waals surface area contributed by atoms with E-state index in [1.54, 1.807) is 14.0 Å². The average molecular weight is 395 g/mol. The van der Waals surface area contributed by atoms with Crippen molar-refractivity contribution in [2.45, 2.75) is 33.1 Å². The van der Waals surface area contributed by atoms with Crippen molar-refractivity contribution in [3.63, 3.8) is 0 Å². The monoisotopic (exact) mass is 395 g/mol. The maximum absolute atomic E-state index is 11.9. The van der Waals surface area contributed by atoms with E-state index in [2.05, 4.69) is 47.9 Å². The summed E-state index contributed by atoms with van der Waals surface area (Å²) in [5, 5.41) is 21.6. The van der Waals surface area contributed by atoms with Gasteiger partial charge in [0.15, 0.2) is 17.3 Å². The molecule has 0 saturated carbocycles. The van der Waals surface area contributed by atoms with Gasteiger partial charge in [-0.25, -0.2) is 9.59 Å². The lowest BCUT2D eigenvalue weighted by molar-refractivity contribution is 0.0527. The third-order valence-electron chi connectivity index (χ3n) is 3.40. The number of ether oxygens (including phenoxy) is 1. The van der Waals surface area contributed by atoms with Crippen LogP contribution in [0.1, 0.15) is 43.7 Å². The Morgan fingerprint density at radius 2 is 2.07 bits per heavy atom. The van der Waals surface area contributed by atoms with Crippen LogP contribution in [0, 0.1) is 0 Å². The number of anilines is 1. The number of hydrogen-bond acceptors (Lipinski definition) is 9. The van der Waals surface area contributed by atoms with E-state index in [0.29, 0.717) is 11.4 Å². The highest BCUT2D eigenvalue weighted by molar-refractivity contribution is 7.75. The topological polar surface area (TPSA) is 136 Å². The minimum Gasteiger partial charge on any atom is -0.462 e. The Balaban J connectivity index is 2.48. The molecule has 12 heteroatoms. The third kappa shape index (κ3) is 4.64. The molecule has 0 aliphatic rings. The number of carbonyl (C=O) groups is 2. The van der Waals surface area contributed by atoms with Crippen molar-refractivity contribution in [3.8, 4) is 0 Å². The van der Waals surface area contributed by atoms with Gasteiger partial charge in [-0.05, 0) is 6.92 Å². The van der Waals surface area contributed by atoms with E-state index < -0.39 is 17.5 Å². The number of rotatable bonds is 5. The summed E-state index contributed by atoms with van der Waals surface area (Å²) in [6, 6.07) is 0. The molecule has 146 valence electrons. The van der Waals surface area contributed by atoms with Crippen molar-refractivity contribution in [2.75, 3.05) is 11.9 Å². The number of nitrogens with one attached hydrogen (secondary N) is 2. The summed E-state index contributed by atoms with van der Waals surface area (Å²) in [4.78, 5) is 23.5. The summed E-state index contributed by atoms with van der Waals surface area (Å²) in [7, 11) is 1.64. The normalized spacial score (nSPS) is 11.6. The summed E-state index contributed by atoms with van der Waals surface area (Å²) in [6.45, 7) is 7.74. The van der Waals surface area contributed by atoms with Gasteiger partial charge in [0.25, 0.3) is 0 Å². The zero-order valence-corrected chi connectivity index (χ0v) is 16.5. The number of aromatic amines is 1. The van der Waals surface area contributed by atoms with E-state index in [4.69, 9.17) is 4.74 Å². The lowest BCUT2D eigenvalue weighted by Gasteiger charge is -2.15. The van der Waals surface area contributed by atoms with Crippen LogP contribution in [0.3, 0.4) is 0 Å². The highest BCUT2D eigenvalue weighted by Crippen LogP contribution is 2.37. The van der Waals surface area contributed by atoms with Gasteiger partial charge in [0, 0.05) is 25.4 Å². The SMILES string of the molecule is CCOC(=O)c1cn[nH]c1/N=N/c1c(C(C)(C)C)nn(C)c1NC(=O)OS. The Morgan fingerprint density at radius 3 is 2.67 bits per heavy atom. The number of nitrogens with zero attached hydrogens (tertiary/aromatic N) is 5. The van der Waals surface area contributed by atoms with Gasteiger partial charge in [-0.3, -0.25) is 15.1 Å². The first kappa shape index (κ1) is 20.4. The number of azo groups is 1. The number of aryl methyl sites for hydroxylation is 1. The predicted octanol–water partition coefficient (Wildman–Crippen LogP) is 3.43. The van der Waals surface area contributed by atoms with Gasteiger partial charge < -0.3 is 8.92 Å². The Kier molecular flexibility index (Phi) is 6.20. The summed E-state index contributed by atoms with van der Waals surface area (Å²) in [6.07, 6.45) is 0.504. The molecule has 0 bridgehead atoms. The highest BCUT2D eigenvalue weighted by atomic mass is 32.1. The second-order valence-electron chi connectivity index (χ2n) is 6.48. The van der Waals surface area contributed by atoms with Crippen molar-refractivity contribution >= 4 is 42.3 Å². The first-order valence-electron chi connectivity index (χ1n) is 8.01. The molecular formula is C15H21N7O4S. The minimum atomic E-state index is -0.799. The number of thiol groups is 1. The molecule has 0 fully saturated rings. The molecule has 2 rings (SSSR count). The molecule has 0 atom stereocenters. The second-order valence-corrected chi connectivity index (χ2v) is 6.66. The summed E-state index contributed by atoms with van der Waals surface area (Å²) in [5.74, 6) is -0.181. The van der Waals surface area contributed by atoms with Crippen LogP contribution in [0.5, 0.6) is 0 Å². The van der Waals surface area contributed by atoms with Gasteiger partial charge in [-0.15, -0.1) is 10.2 Å². The second kappa shape index (κ2) is 8.20. The Labute approximate surface area is 161 Å². The van der Waals surface area contributed by atoms with E-state index >= 15 is 0 Å². The molecule has 2 aromatic heterocycles. The van der Waals surface area contributed by atoms with E-state index in [1.165, 1.54) is 10.9 Å². The van der Waals surface area contributed by atoms with Crippen molar-refractivity contribution in [1.29, 1.82) is 0 Å². The van der Waals surface area contributed by atoms with Crippen LogP contribution in [-0.4, -0.2) is 38.6 Å². The minimum absolute atomic E-state index is 0.125. The van der Waals surface area contributed by atoms with Crippen LogP contribution in [-0.2, 0) is 21.4 Å². The lowest BCUT2D eigenvalue weighted by Crippen LogP contribution is -2.12. The van der Waals surface area contributed by atoms with Crippen molar-refractivity contribution in [2.24, 2.45) is 17.3 Å². The van der Waals surface area contributed by atoms with Crippen molar-refractivity contribution < 1.29 is 18.5 Å². The van der Waals surface area contributed by atoms with E-state index in [-0.39, 0.29) is 23.8 Å². The number of esters is 1. The van der Waals surface area contributed by atoms with E-state index in [9.17, 15) is 9.59 Å². The van der Waals surface area contributed by atoms with Crippen LogP contribution in [0.15, 0.2) is 16.4 Å². The molecule has 0 spiro atoms. The van der Waals surface area contributed by atoms with Gasteiger partial charge in [0.1, 0.15) is 5.56 Å². The fraction of sp³-hybridized carbons (Fsp3) is 0.467. The molecule has 1 amide bonds. The molecule has 0 unspecified atom stereocenters. The molecule has 0 aromatic carbocycles. The van der Waals surface area contributed by atoms with Crippen LogP contribution < -0.4 is 5.32 Å². The van der Waals surface area contributed by atoms with Gasteiger partial charge in [-0.1, -0.05) is 20.8 Å². The largest absolute Gasteiger partial charge is 0.462 e. The molecule has 0 radical (unpaired) electrons. The molecule has 2 N–H and O–H groups in total. The number of amides is 1. The molecule has 27 heavy (non-hydrogen) atoms. The first-order valence-corrected chi connectivity index (χ1v) is 8.37. The van der Waals surface area contributed by atoms with Crippen molar-refractivity contribution in [3.05, 3.63) is 17.5 Å². The fourth-order valence-corrected chi connectivity index (χ4v) is 2.23. The van der Waals surface area contributed by atoms with Crippen LogP contribution in [0.2, 0.25) is 0 Å². The highest BCUT2D eigenvalue weighted by Gasteiger charge is 2.27. The molecular weight excluding hydrogens is 374 g/mol. The molecule has 0 aliphatic carbocycles. The Hall–Kier alpha value is -2.89. The molecule has 0 saturated heterocycles. The maximum atomic E-state index is 11.9. The summed E-state index contributed by atoms with van der Waals surface area (Å²) >= 11 is 3.47. The van der Waals surface area contributed by atoms with Gasteiger partial charge in [-0.2, -0.15) is 10.2 Å². The first-order chi connectivity index (χ1) is 12.7. The van der Waals surface area contributed by atoms with E-state index in [0.717, 1.165) is 0 Å². The summed E-state index contributed by atoms with van der Waals surface area (Å²) in [5.41, 5.74) is 0.647. The summed E-state index contributed by atoms with van der Waals surface area (Å²) < 4.78 is 10.7. The number of H-pyrrole nitrogens is 1. The maximum Gasteiger partial charge on any atom is 0.424 e. The third-order valence-corrected chi connectivity index (χ3v) is 3.57. The van der Waals surface area contributed by atoms with Gasteiger partial charge in [0.05, 0.1) is 18.5 Å². The zero-order valence-electron chi connectivity index (χ0n) is 15.6. The van der Waals surface area contributed by atoms with Crippen LogP contribution in [0.4, 0.5) is 22.1 Å². The quantitative estimate of drug-likeness (QED) is 0.307. The standard InChI is InChI=1S/C15H21N7O4S/c1-6-25-13(23)8-7-16-19-11(8)20-18-9-10(15(2,3)4)21-22(5)12(9)17-14(24)26-27/h7,27H,6H2,1-5H3,(H,16,19)(H,17,24)/b20-18+. The Bertz CT molecular complexity index is 866. The molecule has 11 nitrogen and oxygen atoms in total. The average Bonchev–Trinajstić information content (AvgIpc) is 3.18. The molecule has 0 aliphatic heterocycles.